The van der Waals surface area contributed by atoms with Gasteiger partial charge in [-0.3, -0.25) is 4.90 Å². The highest BCUT2D eigenvalue weighted by atomic mass is 16.5. The van der Waals surface area contributed by atoms with Gasteiger partial charge in [0.2, 0.25) is 0 Å². The third-order valence-electron chi connectivity index (χ3n) is 3.62. The number of hydrogen-bond donors (Lipinski definition) is 1. The van der Waals surface area contributed by atoms with Gasteiger partial charge in [0.1, 0.15) is 0 Å². The third-order valence-corrected chi connectivity index (χ3v) is 3.62. The van der Waals surface area contributed by atoms with Gasteiger partial charge in [0.25, 0.3) is 0 Å². The third kappa shape index (κ3) is 3.31. The predicted molar refractivity (Wildman–Crippen MR) is 74.6 cm³/mol. The normalized spacial score (nSPS) is 17.1. The van der Waals surface area contributed by atoms with Crippen LogP contribution in [0, 0.1) is 6.92 Å². The Morgan fingerprint density at radius 1 is 1.44 bits per heavy atom. The molecule has 1 aromatic rings. The zero-order valence-electron chi connectivity index (χ0n) is 11.4. The summed E-state index contributed by atoms with van der Waals surface area (Å²) in [6.45, 7) is 4.55. The SMILES string of the molecule is COCCN(C1CC1)C(CN)c1cccc(C)c1. The maximum atomic E-state index is 6.01. The molecule has 100 valence electrons. The largest absolute Gasteiger partial charge is 0.383 e. The van der Waals surface area contributed by atoms with Gasteiger partial charge in [-0.2, -0.15) is 0 Å². The summed E-state index contributed by atoms with van der Waals surface area (Å²) in [4.78, 5) is 2.51. The molecule has 0 amide bonds. The fourth-order valence-electron chi connectivity index (χ4n) is 2.54. The van der Waals surface area contributed by atoms with Crippen LogP contribution in [-0.2, 0) is 4.74 Å². The lowest BCUT2D eigenvalue weighted by atomic mass is 10.0. The number of rotatable bonds is 7. The summed E-state index contributed by atoms with van der Waals surface area (Å²) in [6, 6.07) is 9.72. The van der Waals surface area contributed by atoms with Gasteiger partial charge in [0.05, 0.1) is 6.61 Å². The first-order chi connectivity index (χ1) is 8.76. The average molecular weight is 248 g/mol. The minimum atomic E-state index is 0.326. The van der Waals surface area contributed by atoms with Gasteiger partial charge < -0.3 is 10.5 Å². The van der Waals surface area contributed by atoms with Crippen LogP contribution in [0.15, 0.2) is 24.3 Å². The molecule has 1 aliphatic carbocycles. The Balaban J connectivity index is 2.13. The van der Waals surface area contributed by atoms with Crippen molar-refractivity contribution >= 4 is 0 Å². The van der Waals surface area contributed by atoms with E-state index in [1.807, 2.05) is 0 Å². The molecule has 3 nitrogen and oxygen atoms in total. The Morgan fingerprint density at radius 3 is 2.78 bits per heavy atom. The lowest BCUT2D eigenvalue weighted by Crippen LogP contribution is -2.37. The number of methoxy groups -OCH3 is 1. The smallest absolute Gasteiger partial charge is 0.0590 e. The Kier molecular flexibility index (Phi) is 4.75. The van der Waals surface area contributed by atoms with Gasteiger partial charge >= 0.3 is 0 Å². The summed E-state index contributed by atoms with van der Waals surface area (Å²) in [5.74, 6) is 0. The summed E-state index contributed by atoms with van der Waals surface area (Å²) in [5, 5.41) is 0. The molecule has 2 N–H and O–H groups in total. The average Bonchev–Trinajstić information content (AvgIpc) is 3.18. The maximum absolute atomic E-state index is 6.01. The van der Waals surface area contributed by atoms with Crippen LogP contribution in [0.1, 0.15) is 30.0 Å². The number of nitrogens with zero attached hydrogens (tertiary/aromatic N) is 1. The Bertz CT molecular complexity index is 377. The first kappa shape index (κ1) is 13.5. The highest BCUT2D eigenvalue weighted by molar-refractivity contribution is 5.26. The molecule has 2 rings (SSSR count). The van der Waals surface area contributed by atoms with Crippen LogP contribution in [0.5, 0.6) is 0 Å². The summed E-state index contributed by atoms with van der Waals surface area (Å²) < 4.78 is 5.22. The van der Waals surface area contributed by atoms with Gasteiger partial charge in [-0.15, -0.1) is 0 Å². The molecular formula is C15H24N2O. The number of ether oxygens (including phenoxy) is 1. The van der Waals surface area contributed by atoms with Gasteiger partial charge in [-0.1, -0.05) is 29.8 Å². The number of benzene rings is 1. The zero-order valence-corrected chi connectivity index (χ0v) is 11.4. The van der Waals surface area contributed by atoms with Crippen molar-refractivity contribution in [2.45, 2.75) is 31.8 Å². The molecule has 1 aromatic carbocycles. The highest BCUT2D eigenvalue weighted by Gasteiger charge is 2.33. The molecule has 0 saturated heterocycles. The fraction of sp³-hybridized carbons (Fsp3) is 0.600. The van der Waals surface area contributed by atoms with Gasteiger partial charge in [0, 0.05) is 32.3 Å². The van der Waals surface area contributed by atoms with E-state index in [1.54, 1.807) is 7.11 Å². The van der Waals surface area contributed by atoms with E-state index < -0.39 is 0 Å². The fourth-order valence-corrected chi connectivity index (χ4v) is 2.54. The highest BCUT2D eigenvalue weighted by Crippen LogP contribution is 2.33. The standard InChI is InChI=1S/C15H24N2O/c1-12-4-3-5-13(10-12)15(11-16)17(8-9-18-2)14-6-7-14/h3-5,10,14-15H,6-9,11,16H2,1-2H3. The topological polar surface area (TPSA) is 38.5 Å². The van der Waals surface area contributed by atoms with Crippen LogP contribution in [0.4, 0.5) is 0 Å². The van der Waals surface area contributed by atoms with E-state index in [4.69, 9.17) is 10.5 Å². The van der Waals surface area contributed by atoms with E-state index in [0.29, 0.717) is 18.6 Å². The second-order valence-corrected chi connectivity index (χ2v) is 5.13. The summed E-state index contributed by atoms with van der Waals surface area (Å²) in [6.07, 6.45) is 2.60. The second kappa shape index (κ2) is 6.32. The van der Waals surface area contributed by atoms with Crippen molar-refractivity contribution in [1.82, 2.24) is 4.90 Å². The molecule has 1 fully saturated rings. The van der Waals surface area contributed by atoms with Crippen LogP contribution in [0.25, 0.3) is 0 Å². The molecular weight excluding hydrogens is 224 g/mol. The van der Waals surface area contributed by atoms with Gasteiger partial charge in [-0.05, 0) is 25.3 Å². The zero-order chi connectivity index (χ0) is 13.0. The number of hydrogen-bond acceptors (Lipinski definition) is 3. The van der Waals surface area contributed by atoms with Crippen molar-refractivity contribution in [2.24, 2.45) is 5.73 Å². The quantitative estimate of drug-likeness (QED) is 0.803. The van der Waals surface area contributed by atoms with Crippen LogP contribution >= 0.6 is 0 Å². The number of aryl methyl sites for hydroxylation is 1. The first-order valence-corrected chi connectivity index (χ1v) is 6.77. The van der Waals surface area contributed by atoms with Gasteiger partial charge in [-0.25, -0.2) is 0 Å². The molecule has 0 bridgehead atoms. The lowest BCUT2D eigenvalue weighted by Gasteiger charge is -2.31. The molecule has 3 heteroatoms. The van der Waals surface area contributed by atoms with Crippen molar-refractivity contribution in [2.75, 3.05) is 26.8 Å². The molecule has 1 atom stereocenters. The van der Waals surface area contributed by atoms with Gasteiger partial charge in [0.15, 0.2) is 0 Å². The van der Waals surface area contributed by atoms with E-state index in [9.17, 15) is 0 Å². The van der Waals surface area contributed by atoms with Crippen molar-refractivity contribution in [3.63, 3.8) is 0 Å². The predicted octanol–water partition coefficient (Wildman–Crippen LogP) is 2.11. The van der Waals surface area contributed by atoms with Crippen molar-refractivity contribution in [3.05, 3.63) is 35.4 Å². The van der Waals surface area contributed by atoms with E-state index in [2.05, 4.69) is 36.1 Å². The summed E-state index contributed by atoms with van der Waals surface area (Å²) in [5.41, 5.74) is 8.64. The molecule has 1 saturated carbocycles. The minimum absolute atomic E-state index is 0.326. The summed E-state index contributed by atoms with van der Waals surface area (Å²) in [7, 11) is 1.76. The molecule has 18 heavy (non-hydrogen) atoms. The van der Waals surface area contributed by atoms with E-state index >= 15 is 0 Å². The molecule has 0 heterocycles. The summed E-state index contributed by atoms with van der Waals surface area (Å²) >= 11 is 0. The monoisotopic (exact) mass is 248 g/mol. The van der Waals surface area contributed by atoms with E-state index in [-0.39, 0.29) is 0 Å². The molecule has 0 aliphatic heterocycles. The first-order valence-electron chi connectivity index (χ1n) is 6.77. The molecule has 0 spiro atoms. The van der Waals surface area contributed by atoms with Crippen LogP contribution in [-0.4, -0.2) is 37.7 Å². The van der Waals surface area contributed by atoms with Crippen molar-refractivity contribution in [1.29, 1.82) is 0 Å². The minimum Gasteiger partial charge on any atom is -0.383 e. The van der Waals surface area contributed by atoms with E-state index in [1.165, 1.54) is 24.0 Å². The van der Waals surface area contributed by atoms with Crippen molar-refractivity contribution < 1.29 is 4.74 Å². The molecule has 1 aliphatic rings. The maximum Gasteiger partial charge on any atom is 0.0590 e. The van der Waals surface area contributed by atoms with Crippen molar-refractivity contribution in [3.8, 4) is 0 Å². The van der Waals surface area contributed by atoms with Crippen LogP contribution in [0.2, 0.25) is 0 Å². The van der Waals surface area contributed by atoms with Crippen LogP contribution in [0.3, 0.4) is 0 Å². The van der Waals surface area contributed by atoms with Crippen LogP contribution < -0.4 is 5.73 Å². The lowest BCUT2D eigenvalue weighted by molar-refractivity contribution is 0.115. The van der Waals surface area contributed by atoms with E-state index in [0.717, 1.165) is 13.2 Å². The molecule has 0 radical (unpaired) electrons. The Labute approximate surface area is 110 Å². The number of nitrogens with two attached hydrogens (primary N) is 1. The Hall–Kier alpha value is -0.900. The molecule has 1 unspecified atom stereocenters. The second-order valence-electron chi connectivity index (χ2n) is 5.13. The molecule has 0 aromatic heterocycles. The Morgan fingerprint density at radius 2 is 2.22 bits per heavy atom.